The molecule has 0 amide bonds. The molecule has 0 saturated heterocycles. The summed E-state index contributed by atoms with van der Waals surface area (Å²) < 4.78 is 61.7. The highest BCUT2D eigenvalue weighted by Gasteiger charge is 2.30. The number of hydrogen-bond donors (Lipinski definition) is 4. The van der Waals surface area contributed by atoms with Gasteiger partial charge in [0.15, 0.2) is 6.10 Å². The second-order valence-electron chi connectivity index (χ2n) is 33.5. The molecule has 0 aliphatic carbocycles. The van der Waals surface area contributed by atoms with Crippen molar-refractivity contribution in [1.29, 1.82) is 0 Å². The Hall–Kier alpha value is -5.61. The van der Waals surface area contributed by atoms with E-state index < -0.39 is 91.5 Å². The second-order valence-corrected chi connectivity index (χ2v) is 36.4. The molecule has 0 aromatic rings. The van der Waals surface area contributed by atoms with Crippen molar-refractivity contribution < 1.29 is 75.8 Å². The Labute approximate surface area is 776 Å². The van der Waals surface area contributed by atoms with E-state index in [9.17, 15) is 43.5 Å². The van der Waals surface area contributed by atoms with E-state index in [2.05, 4.69) is 215 Å². The lowest BCUT2D eigenvalue weighted by Gasteiger charge is -2.21. The first-order chi connectivity index (χ1) is 62.2. The molecule has 0 heterocycles. The zero-order chi connectivity index (χ0) is 92.1. The summed E-state index contributed by atoms with van der Waals surface area (Å²) in [4.78, 5) is 59.2. The van der Waals surface area contributed by atoms with Crippen LogP contribution in [-0.2, 0) is 55.8 Å². The van der Waals surface area contributed by atoms with Crippen LogP contribution in [0.5, 0.6) is 0 Å². The van der Waals surface area contributed by atoms with Crippen molar-refractivity contribution in [2.45, 2.75) is 437 Å². The number of carbonyl (C=O) groups is 3. The minimum Gasteiger partial charge on any atom is -0.463 e. The van der Waals surface area contributed by atoms with Gasteiger partial charge in [0.05, 0.1) is 26.4 Å². The van der Waals surface area contributed by atoms with Crippen LogP contribution >= 0.6 is 15.6 Å². The Balaban J connectivity index is 4.60. The van der Waals surface area contributed by atoms with Crippen LogP contribution in [0.15, 0.2) is 194 Å². The molecule has 127 heavy (non-hydrogen) atoms. The highest BCUT2D eigenvalue weighted by atomic mass is 31.2. The topological polar surface area (TPSA) is 231 Å². The van der Waals surface area contributed by atoms with Crippen molar-refractivity contribution in [3.05, 3.63) is 194 Å². The van der Waals surface area contributed by atoms with E-state index in [0.717, 1.165) is 180 Å². The average molecular weight is 1810 g/mol. The molecule has 16 nitrogen and oxygen atoms in total. The first-order valence-corrected chi connectivity index (χ1v) is 53.7. The second kappa shape index (κ2) is 99.4. The molecule has 0 bridgehead atoms. The van der Waals surface area contributed by atoms with Crippen LogP contribution in [0.3, 0.4) is 0 Å². The number of phosphoric ester groups is 2. The fourth-order valence-corrected chi connectivity index (χ4v) is 15.3. The number of rotatable bonds is 95. The number of hydrogen-bond acceptors (Lipinski definition) is 14. The van der Waals surface area contributed by atoms with Crippen molar-refractivity contribution in [3.8, 4) is 0 Å². The van der Waals surface area contributed by atoms with Gasteiger partial charge in [-0.05, 0) is 167 Å². The number of aliphatic hydroxyl groups excluding tert-OH is 2. The summed E-state index contributed by atoms with van der Waals surface area (Å²) in [6, 6.07) is 0. The van der Waals surface area contributed by atoms with Gasteiger partial charge in [0, 0.05) is 19.3 Å². The van der Waals surface area contributed by atoms with E-state index in [1.807, 2.05) is 0 Å². The molecule has 0 aliphatic rings. The normalized spacial score (nSPS) is 14.5. The quantitative estimate of drug-likeness (QED) is 0.0146. The first kappa shape index (κ1) is 121. The maximum atomic E-state index is 13.1. The van der Waals surface area contributed by atoms with Gasteiger partial charge in [0.1, 0.15) is 25.4 Å². The number of allylic oxidation sites excluding steroid dienone is 32. The number of esters is 3. The van der Waals surface area contributed by atoms with Crippen molar-refractivity contribution in [2.75, 3.05) is 39.6 Å². The zero-order valence-corrected chi connectivity index (χ0v) is 82.2. The smallest absolute Gasteiger partial charge is 0.463 e. The predicted molar refractivity (Wildman–Crippen MR) is 537 cm³/mol. The van der Waals surface area contributed by atoms with Gasteiger partial charge in [-0.1, -0.05) is 427 Å². The van der Waals surface area contributed by atoms with E-state index in [1.165, 1.54) is 180 Å². The van der Waals surface area contributed by atoms with Gasteiger partial charge in [0.25, 0.3) is 0 Å². The lowest BCUT2D eigenvalue weighted by molar-refractivity contribution is -0.161. The standard InChI is InChI=1S/C109H184O16P2/c1-4-7-10-13-16-19-22-25-28-31-34-37-40-43-45-47-49-50-51-52-54-56-57-60-62-65-68-71-74-77-80-83-86-89-92-95-107(112)119-98-104(110)99-121-126(115,116)122-100-105(111)101-123-127(117,118)124-103-106(125-109(114)97-94-91-88-85-82-79-76-73-70-67-64-59-42-39-36-33-30-27-24-21-18-15-12-9-6-3)102-120-108(113)96-93-90-87-84-81-78-75-72-69-66-63-61-58-55-53-48-46-44-41-38-35-32-29-26-23-20-17-14-11-8-5-2/h7-8,10-11,16-21,25-30,34-39,43-46,49-50,53,55,59,64,104-106,110-111H,4-6,9,12-15,22-24,31-33,40-42,47-48,51-52,54,56-58,60-63,65-103H2,1-3H3,(H,115,116)(H,117,118)/b10-7-,11-8-,19-16-,20-17-,21-18-,28-25-,29-26-,30-27-,37-34-,38-35-,39-36-,45-43-,46-44-,50-49-,55-53-,64-59-. The minimum absolute atomic E-state index is 0.0927. The third kappa shape index (κ3) is 101. The monoisotopic (exact) mass is 1810 g/mol. The number of aliphatic hydroxyl groups is 2. The molecule has 0 radical (unpaired) electrons. The Morgan fingerprint density at radius 1 is 0.228 bits per heavy atom. The van der Waals surface area contributed by atoms with E-state index in [0.29, 0.717) is 19.3 Å². The van der Waals surface area contributed by atoms with Crippen LogP contribution in [0.2, 0.25) is 0 Å². The summed E-state index contributed by atoms with van der Waals surface area (Å²) in [5.41, 5.74) is 0. The van der Waals surface area contributed by atoms with Crippen molar-refractivity contribution in [1.82, 2.24) is 0 Å². The molecule has 0 saturated carbocycles. The van der Waals surface area contributed by atoms with Crippen LogP contribution in [-0.4, -0.2) is 95.9 Å². The molecule has 5 atom stereocenters. The first-order valence-electron chi connectivity index (χ1n) is 50.7. The third-order valence-corrected chi connectivity index (χ3v) is 23.2. The zero-order valence-electron chi connectivity index (χ0n) is 80.4. The molecule has 18 heteroatoms. The molecule has 5 unspecified atom stereocenters. The molecular weight excluding hydrogens is 1630 g/mol. The van der Waals surface area contributed by atoms with E-state index >= 15 is 0 Å². The van der Waals surface area contributed by atoms with Gasteiger partial charge in [-0.25, -0.2) is 9.13 Å². The third-order valence-electron chi connectivity index (χ3n) is 21.3. The minimum atomic E-state index is -4.95. The Morgan fingerprint density at radius 3 is 0.661 bits per heavy atom. The molecular formula is C109H184O16P2. The van der Waals surface area contributed by atoms with Gasteiger partial charge >= 0.3 is 33.6 Å². The van der Waals surface area contributed by atoms with Crippen LogP contribution in [0, 0.1) is 0 Å². The Kier molecular flexibility index (Phi) is 95.0. The maximum absolute atomic E-state index is 13.1. The van der Waals surface area contributed by atoms with E-state index in [-0.39, 0.29) is 19.3 Å². The lowest BCUT2D eigenvalue weighted by Crippen LogP contribution is -2.30. The van der Waals surface area contributed by atoms with Crippen molar-refractivity contribution in [2.24, 2.45) is 0 Å². The van der Waals surface area contributed by atoms with E-state index in [1.54, 1.807) is 0 Å². The molecule has 0 spiro atoms. The van der Waals surface area contributed by atoms with Gasteiger partial charge < -0.3 is 34.2 Å². The number of ether oxygens (including phenoxy) is 3. The van der Waals surface area contributed by atoms with Crippen molar-refractivity contribution in [3.63, 3.8) is 0 Å². The van der Waals surface area contributed by atoms with Gasteiger partial charge in [0.2, 0.25) is 0 Å². The largest absolute Gasteiger partial charge is 0.472 e. The average Bonchev–Trinajstić information content (AvgIpc) is 0.899. The van der Waals surface area contributed by atoms with Crippen LogP contribution in [0.25, 0.3) is 0 Å². The predicted octanol–water partition coefficient (Wildman–Crippen LogP) is 32.1. The summed E-state index contributed by atoms with van der Waals surface area (Å²) in [7, 11) is -9.82. The summed E-state index contributed by atoms with van der Waals surface area (Å²) in [5, 5.41) is 20.8. The van der Waals surface area contributed by atoms with Gasteiger partial charge in [-0.2, -0.15) is 0 Å². The molecule has 0 aromatic carbocycles. The molecule has 0 aliphatic heterocycles. The number of unbranched alkanes of at least 4 members (excludes halogenated alkanes) is 40. The summed E-state index contributed by atoms with van der Waals surface area (Å²) in [6.45, 7) is 2.47. The highest BCUT2D eigenvalue weighted by molar-refractivity contribution is 7.47. The van der Waals surface area contributed by atoms with Crippen LogP contribution in [0.4, 0.5) is 0 Å². The number of carbonyl (C=O) groups excluding carboxylic acids is 3. The molecule has 0 fully saturated rings. The van der Waals surface area contributed by atoms with Crippen molar-refractivity contribution >= 4 is 33.6 Å². The van der Waals surface area contributed by atoms with E-state index in [4.69, 9.17) is 32.3 Å². The Bertz CT molecular complexity index is 3090. The fourth-order valence-electron chi connectivity index (χ4n) is 13.7. The van der Waals surface area contributed by atoms with Gasteiger partial charge in [-0.15, -0.1) is 0 Å². The summed E-state index contributed by atoms with van der Waals surface area (Å²) >= 11 is 0. The summed E-state index contributed by atoms with van der Waals surface area (Å²) in [6.07, 6.45) is 133. The van der Waals surface area contributed by atoms with Crippen LogP contribution in [0.1, 0.15) is 419 Å². The molecule has 0 aromatic heterocycles. The van der Waals surface area contributed by atoms with Gasteiger partial charge in [-0.3, -0.25) is 32.5 Å². The Morgan fingerprint density at radius 2 is 0.417 bits per heavy atom. The van der Waals surface area contributed by atoms with Crippen LogP contribution < -0.4 is 0 Å². The SMILES string of the molecule is CC/C=C\C/C=C\C/C=C\C/C=C\C/C=C\C/C=C\CCCCCCCCCCCCCCCCCCC(=O)OCC(O)COP(=O)(O)OCC(O)COP(=O)(O)OCC(COC(=O)CCCCCCCCCCCCCC/C=C\C/C=C\C/C=C\C/C=C\C/C=C\C/C=C\CC)OC(=O)CCCCCCCCCCC/C=C\C/C=C\C/C=C\C/C=C\CCCCC. The molecule has 726 valence electrons. The lowest BCUT2D eigenvalue weighted by atomic mass is 10.0. The highest BCUT2D eigenvalue weighted by Crippen LogP contribution is 2.45. The number of phosphoric acid groups is 2. The molecule has 4 N–H and O–H groups in total. The maximum Gasteiger partial charge on any atom is 0.472 e. The fraction of sp³-hybridized carbons (Fsp3) is 0.679. The molecule has 0 rings (SSSR count). The summed E-state index contributed by atoms with van der Waals surface area (Å²) in [5.74, 6) is -1.57.